The Bertz CT molecular complexity index is 1610. The Morgan fingerprint density at radius 2 is 1.78 bits per heavy atom. The maximum atomic E-state index is 13.4. The van der Waals surface area contributed by atoms with Crippen molar-refractivity contribution in [1.29, 1.82) is 0 Å². The van der Waals surface area contributed by atoms with Crippen molar-refractivity contribution in [2.75, 3.05) is 5.32 Å². The van der Waals surface area contributed by atoms with Crippen LogP contribution in [0.4, 0.5) is 5.69 Å². The summed E-state index contributed by atoms with van der Waals surface area (Å²) in [5, 5.41) is 7.56. The number of anilines is 1. The molecule has 4 nitrogen and oxygen atoms in total. The molecule has 3 aromatic carbocycles. The smallest absolute Gasteiger partial charge is 0.308 e. The molecule has 5 atom stereocenters. The van der Waals surface area contributed by atoms with E-state index in [0.717, 1.165) is 31.9 Å². The molecule has 2 saturated carbocycles. The number of thioether (sulfide) groups is 1. The Morgan fingerprint density at radius 1 is 1.00 bits per heavy atom. The molecule has 0 radical (unpaired) electrons. The predicted molar refractivity (Wildman–Crippen MR) is 153 cm³/mol. The van der Waals surface area contributed by atoms with Gasteiger partial charge in [0.25, 0.3) is 0 Å². The van der Waals surface area contributed by atoms with Gasteiger partial charge in [-0.1, -0.05) is 83.1 Å². The highest BCUT2D eigenvalue weighted by Crippen LogP contribution is 2.64. The van der Waals surface area contributed by atoms with E-state index in [1.54, 1.807) is 4.57 Å². The van der Waals surface area contributed by atoms with Crippen LogP contribution >= 0.6 is 46.3 Å². The van der Waals surface area contributed by atoms with Crippen LogP contribution < -0.4 is 10.2 Å². The molecule has 37 heavy (non-hydrogen) atoms. The lowest BCUT2D eigenvalue weighted by molar-refractivity contribution is -0.116. The molecule has 4 unspecified atom stereocenters. The standard InChI is InChI=1S/C29H24Cl2N2O2S2/c30-20-9-4-8-19(25(20)31)24-23-16-11-12-17(13-16)26(23)36-28-27(24)37-29(35)33(28)14-22(34)32-21-10-3-6-15-5-1-2-7-18(15)21/h1-10,16-17,23-24,26H,11-14H2,(H,32,34)/t16?,17?,23?,24-,26?/m0/s1. The number of thiazole rings is 1. The van der Waals surface area contributed by atoms with Gasteiger partial charge in [0.1, 0.15) is 6.54 Å². The third kappa shape index (κ3) is 3.87. The molecule has 2 heterocycles. The molecular weight excluding hydrogens is 543 g/mol. The third-order valence-corrected chi connectivity index (χ3v) is 12.0. The molecule has 2 aliphatic carbocycles. The van der Waals surface area contributed by atoms with Gasteiger partial charge in [-0.3, -0.25) is 14.2 Å². The Balaban J connectivity index is 1.27. The van der Waals surface area contributed by atoms with Gasteiger partial charge in [0.05, 0.1) is 15.1 Å². The summed E-state index contributed by atoms with van der Waals surface area (Å²) in [6.45, 7) is -0.0115. The minimum atomic E-state index is -0.202. The second-order valence-corrected chi connectivity index (χ2v) is 13.3. The first-order chi connectivity index (χ1) is 18.0. The zero-order valence-electron chi connectivity index (χ0n) is 19.8. The minimum Gasteiger partial charge on any atom is -0.324 e. The van der Waals surface area contributed by atoms with E-state index in [4.69, 9.17) is 23.2 Å². The molecule has 4 aromatic rings. The van der Waals surface area contributed by atoms with E-state index in [0.29, 0.717) is 33.0 Å². The molecule has 1 amide bonds. The van der Waals surface area contributed by atoms with Crippen LogP contribution in [0.5, 0.6) is 0 Å². The fourth-order valence-corrected chi connectivity index (χ4v) is 10.4. The molecule has 188 valence electrons. The van der Waals surface area contributed by atoms with E-state index in [9.17, 15) is 9.59 Å². The molecule has 1 N–H and O–H groups in total. The molecule has 0 spiro atoms. The van der Waals surface area contributed by atoms with Crippen molar-refractivity contribution >= 4 is 68.7 Å². The Kier molecular flexibility index (Phi) is 5.92. The Morgan fingerprint density at radius 3 is 2.68 bits per heavy atom. The van der Waals surface area contributed by atoms with Gasteiger partial charge in [-0.05, 0) is 60.1 Å². The number of nitrogens with zero attached hydrogens (tertiary/aromatic N) is 1. The van der Waals surface area contributed by atoms with Crippen LogP contribution in [0, 0.1) is 17.8 Å². The van der Waals surface area contributed by atoms with Crippen molar-refractivity contribution in [2.45, 2.75) is 42.0 Å². The number of rotatable bonds is 4. The second kappa shape index (κ2) is 9.19. The largest absolute Gasteiger partial charge is 0.324 e. The molecule has 7 rings (SSSR count). The van der Waals surface area contributed by atoms with Crippen LogP contribution in [0.2, 0.25) is 10.0 Å². The van der Waals surface area contributed by atoms with E-state index < -0.39 is 0 Å². The SMILES string of the molecule is O=C(Cn1c2c(sc1=O)[C@@H](c1cccc(Cl)c1Cl)C1C3CCC(C3)C1S2)Nc1cccc2ccccc12. The number of nitrogens with one attached hydrogen (secondary N) is 1. The summed E-state index contributed by atoms with van der Waals surface area (Å²) in [6.07, 6.45) is 3.71. The highest BCUT2D eigenvalue weighted by atomic mass is 35.5. The van der Waals surface area contributed by atoms with Crippen molar-refractivity contribution in [2.24, 2.45) is 17.8 Å². The number of carbonyl (C=O) groups is 1. The van der Waals surface area contributed by atoms with Gasteiger partial charge in [0.2, 0.25) is 5.91 Å². The van der Waals surface area contributed by atoms with Crippen molar-refractivity contribution in [1.82, 2.24) is 4.57 Å². The Labute approximate surface area is 233 Å². The quantitative estimate of drug-likeness (QED) is 0.276. The maximum Gasteiger partial charge on any atom is 0.308 e. The molecule has 1 aliphatic heterocycles. The van der Waals surface area contributed by atoms with Crippen molar-refractivity contribution in [3.05, 3.63) is 90.8 Å². The average Bonchev–Trinajstić information content (AvgIpc) is 3.59. The van der Waals surface area contributed by atoms with Gasteiger partial charge >= 0.3 is 4.87 Å². The number of hydrogen-bond acceptors (Lipinski definition) is 4. The second-order valence-electron chi connectivity index (χ2n) is 10.3. The summed E-state index contributed by atoms with van der Waals surface area (Å²) in [5.74, 6) is 1.54. The number of halogens is 2. The van der Waals surface area contributed by atoms with Crippen LogP contribution in [-0.2, 0) is 11.3 Å². The summed E-state index contributed by atoms with van der Waals surface area (Å²) < 4.78 is 1.68. The lowest BCUT2D eigenvalue weighted by Gasteiger charge is -2.40. The third-order valence-electron chi connectivity index (χ3n) is 8.37. The Hall–Kier alpha value is -2.25. The number of aromatic nitrogens is 1. The van der Waals surface area contributed by atoms with Crippen LogP contribution in [0.3, 0.4) is 0 Å². The van der Waals surface area contributed by atoms with Gasteiger partial charge < -0.3 is 5.32 Å². The number of benzene rings is 3. The van der Waals surface area contributed by atoms with Crippen molar-refractivity contribution in [3.8, 4) is 0 Å². The topological polar surface area (TPSA) is 51.1 Å². The van der Waals surface area contributed by atoms with E-state index in [2.05, 4.69) is 11.4 Å². The number of amides is 1. The first-order valence-electron chi connectivity index (χ1n) is 12.6. The predicted octanol–water partition coefficient (Wildman–Crippen LogP) is 7.66. The summed E-state index contributed by atoms with van der Waals surface area (Å²) in [5.41, 5.74) is 1.76. The number of hydrogen-bond donors (Lipinski definition) is 1. The highest BCUT2D eigenvalue weighted by molar-refractivity contribution is 8.00. The first-order valence-corrected chi connectivity index (χ1v) is 15.1. The lowest BCUT2D eigenvalue weighted by Crippen LogP contribution is -2.35. The molecule has 8 heteroatoms. The van der Waals surface area contributed by atoms with Crippen molar-refractivity contribution < 1.29 is 4.79 Å². The molecule has 1 aromatic heterocycles. The van der Waals surface area contributed by atoms with E-state index in [1.165, 1.54) is 30.6 Å². The van der Waals surface area contributed by atoms with Gasteiger partial charge in [-0.2, -0.15) is 0 Å². The summed E-state index contributed by atoms with van der Waals surface area (Å²) in [6, 6.07) is 19.6. The van der Waals surface area contributed by atoms with Crippen LogP contribution in [0.1, 0.15) is 35.6 Å². The fourth-order valence-electron chi connectivity index (χ4n) is 6.86. The summed E-state index contributed by atoms with van der Waals surface area (Å²) in [7, 11) is 0. The van der Waals surface area contributed by atoms with E-state index in [1.807, 2.05) is 66.4 Å². The number of fused-ring (bicyclic) bond motifs is 7. The zero-order valence-corrected chi connectivity index (χ0v) is 23.0. The summed E-state index contributed by atoms with van der Waals surface area (Å²) in [4.78, 5) is 27.6. The van der Waals surface area contributed by atoms with Gasteiger partial charge in [-0.25, -0.2) is 0 Å². The number of carbonyl (C=O) groups excluding carboxylic acids is 1. The van der Waals surface area contributed by atoms with Crippen LogP contribution in [0.15, 0.2) is 70.5 Å². The molecule has 2 fully saturated rings. The minimum absolute atomic E-state index is 0.0115. The van der Waals surface area contributed by atoms with E-state index in [-0.39, 0.29) is 23.2 Å². The molecular formula is C29H24Cl2N2O2S2. The summed E-state index contributed by atoms with van der Waals surface area (Å²) >= 11 is 16.3. The average molecular weight is 568 g/mol. The van der Waals surface area contributed by atoms with Crippen LogP contribution in [-0.4, -0.2) is 15.7 Å². The van der Waals surface area contributed by atoms with Gasteiger partial charge in [0, 0.05) is 27.1 Å². The lowest BCUT2D eigenvalue weighted by atomic mass is 9.75. The zero-order chi connectivity index (χ0) is 25.3. The first kappa shape index (κ1) is 23.8. The maximum absolute atomic E-state index is 13.4. The normalized spacial score (nSPS) is 25.7. The fraction of sp³-hybridized carbons (Fsp3) is 0.310. The highest BCUT2D eigenvalue weighted by Gasteiger charge is 2.55. The monoisotopic (exact) mass is 566 g/mol. The van der Waals surface area contributed by atoms with Crippen molar-refractivity contribution in [3.63, 3.8) is 0 Å². The van der Waals surface area contributed by atoms with E-state index >= 15 is 0 Å². The molecule has 0 saturated heterocycles. The van der Waals surface area contributed by atoms with Crippen LogP contribution in [0.25, 0.3) is 10.8 Å². The van der Waals surface area contributed by atoms with Gasteiger partial charge in [0.15, 0.2) is 0 Å². The molecule has 3 aliphatic rings. The van der Waals surface area contributed by atoms with Gasteiger partial charge in [-0.15, -0.1) is 11.8 Å². The molecule has 2 bridgehead atoms.